The topological polar surface area (TPSA) is 46.1 Å². The summed E-state index contributed by atoms with van der Waals surface area (Å²) in [5.74, 6) is 0.343. The molecule has 0 spiro atoms. The van der Waals surface area contributed by atoms with Gasteiger partial charge >= 0.3 is 0 Å². The second-order valence-corrected chi connectivity index (χ2v) is 7.83. The maximum atomic E-state index is 13.1. The number of nitrogens with zero attached hydrogens (tertiary/aromatic N) is 3. The molecule has 4 rings (SSSR count). The minimum Gasteiger partial charge on any atom is -0.298 e. The summed E-state index contributed by atoms with van der Waals surface area (Å²) >= 11 is 1.64. The van der Waals surface area contributed by atoms with Gasteiger partial charge in [0, 0.05) is 41.9 Å². The average molecular weight is 378 g/mol. The van der Waals surface area contributed by atoms with Crippen LogP contribution in [-0.2, 0) is 6.54 Å². The van der Waals surface area contributed by atoms with Crippen LogP contribution in [0.3, 0.4) is 0 Å². The lowest BCUT2D eigenvalue weighted by Crippen LogP contribution is -2.38. The molecule has 0 bridgehead atoms. The third kappa shape index (κ3) is 3.89. The number of fused-ring (bicyclic) bond motifs is 1. The van der Waals surface area contributed by atoms with Crippen molar-refractivity contribution in [3.63, 3.8) is 0 Å². The fourth-order valence-corrected chi connectivity index (χ4v) is 4.51. The number of rotatable bonds is 5. The zero-order valence-electron chi connectivity index (χ0n) is 15.5. The molecule has 0 amide bonds. The normalized spacial score (nSPS) is 17.9. The van der Waals surface area contributed by atoms with Crippen molar-refractivity contribution in [3.8, 4) is 0 Å². The van der Waals surface area contributed by atoms with E-state index < -0.39 is 0 Å². The van der Waals surface area contributed by atoms with Crippen molar-refractivity contribution in [3.05, 3.63) is 66.0 Å². The highest BCUT2D eigenvalue weighted by Gasteiger charge is 2.28. The van der Waals surface area contributed by atoms with Gasteiger partial charge in [0.2, 0.25) is 0 Å². The number of benzene rings is 2. The van der Waals surface area contributed by atoms with Crippen molar-refractivity contribution in [1.82, 2.24) is 14.9 Å². The Morgan fingerprint density at radius 2 is 2.00 bits per heavy atom. The highest BCUT2D eigenvalue weighted by atomic mass is 32.2. The van der Waals surface area contributed by atoms with E-state index in [0.717, 1.165) is 54.0 Å². The van der Waals surface area contributed by atoms with Gasteiger partial charge in [-0.25, -0.2) is 0 Å². The number of para-hydroxylation sites is 1. The lowest BCUT2D eigenvalue weighted by atomic mass is 9.89. The second kappa shape index (κ2) is 8.19. The zero-order chi connectivity index (χ0) is 18.6. The summed E-state index contributed by atoms with van der Waals surface area (Å²) in [6.07, 6.45) is 7.52. The molecular formula is C22H23N3OS. The van der Waals surface area contributed by atoms with E-state index in [9.17, 15) is 4.79 Å². The summed E-state index contributed by atoms with van der Waals surface area (Å²) in [5.41, 5.74) is 3.93. The second-order valence-electron chi connectivity index (χ2n) is 6.98. The Bertz CT molecular complexity index is 954. The molecule has 1 aromatic heterocycles. The minimum atomic E-state index is 0.0631. The Labute approximate surface area is 164 Å². The van der Waals surface area contributed by atoms with Crippen molar-refractivity contribution in [2.75, 3.05) is 19.3 Å². The average Bonchev–Trinajstić information content (AvgIpc) is 2.73. The first-order chi connectivity index (χ1) is 13.3. The Hall–Kier alpha value is -2.24. The number of carbonyl (C=O) groups is 1. The maximum Gasteiger partial charge on any atom is 0.168 e. The number of Topliss-reactive ketones (excluding diaryl/α,β-unsaturated/α-hetero) is 1. The molecule has 4 nitrogen and oxygen atoms in total. The number of thioether (sulfide) groups is 1. The van der Waals surface area contributed by atoms with Crippen molar-refractivity contribution < 1.29 is 4.79 Å². The molecule has 0 saturated carbocycles. The number of carbonyl (C=O) groups excluding carboxylic acids is 1. The Morgan fingerprint density at radius 3 is 2.89 bits per heavy atom. The molecule has 1 fully saturated rings. The SMILES string of the molecule is CSc1ccccc1C(=O)[C@H]1CCCN(Cc2cccc3nccnc23)C1. The Morgan fingerprint density at radius 1 is 1.15 bits per heavy atom. The molecule has 1 saturated heterocycles. The summed E-state index contributed by atoms with van der Waals surface area (Å²) < 4.78 is 0. The summed E-state index contributed by atoms with van der Waals surface area (Å²) in [4.78, 5) is 25.5. The summed E-state index contributed by atoms with van der Waals surface area (Å²) in [5, 5.41) is 0. The molecule has 1 aliphatic heterocycles. The number of aromatic nitrogens is 2. The molecular weight excluding hydrogens is 354 g/mol. The van der Waals surface area contributed by atoms with Crippen LogP contribution in [0.1, 0.15) is 28.8 Å². The van der Waals surface area contributed by atoms with E-state index in [1.807, 2.05) is 42.7 Å². The van der Waals surface area contributed by atoms with Gasteiger partial charge in [0.15, 0.2) is 5.78 Å². The van der Waals surface area contributed by atoms with Crippen molar-refractivity contribution >= 4 is 28.6 Å². The van der Waals surface area contributed by atoms with Crippen LogP contribution >= 0.6 is 11.8 Å². The van der Waals surface area contributed by atoms with Crippen LogP contribution in [0.5, 0.6) is 0 Å². The Kier molecular flexibility index (Phi) is 5.50. The third-order valence-corrected chi connectivity index (χ3v) is 6.02. The van der Waals surface area contributed by atoms with E-state index in [4.69, 9.17) is 0 Å². The number of hydrogen-bond donors (Lipinski definition) is 0. The standard InChI is InChI=1S/C22H23N3OS/c1-27-20-10-3-2-8-18(20)22(26)17-7-5-13-25(15-17)14-16-6-4-9-19-21(16)24-12-11-23-19/h2-4,6,8-12,17H,5,7,13-15H2,1H3/t17-/m0/s1. The first-order valence-corrected chi connectivity index (χ1v) is 10.6. The van der Waals surface area contributed by atoms with Crippen LogP contribution in [0.2, 0.25) is 0 Å². The van der Waals surface area contributed by atoms with Gasteiger partial charge in [-0.15, -0.1) is 11.8 Å². The molecule has 0 aliphatic carbocycles. The van der Waals surface area contributed by atoms with E-state index in [1.54, 1.807) is 24.2 Å². The molecule has 27 heavy (non-hydrogen) atoms. The third-order valence-electron chi connectivity index (χ3n) is 5.22. The number of piperidine rings is 1. The van der Waals surface area contributed by atoms with E-state index in [-0.39, 0.29) is 11.7 Å². The molecule has 0 unspecified atom stereocenters. The van der Waals surface area contributed by atoms with E-state index >= 15 is 0 Å². The fraction of sp³-hybridized carbons (Fsp3) is 0.318. The van der Waals surface area contributed by atoms with Crippen LogP contribution in [0.4, 0.5) is 0 Å². The number of likely N-dealkylation sites (tertiary alicyclic amines) is 1. The maximum absolute atomic E-state index is 13.1. The molecule has 3 aromatic rings. The van der Waals surface area contributed by atoms with Gasteiger partial charge in [0.1, 0.15) is 0 Å². The highest BCUT2D eigenvalue weighted by Crippen LogP contribution is 2.28. The number of hydrogen-bond acceptors (Lipinski definition) is 5. The quantitative estimate of drug-likeness (QED) is 0.486. The fourth-order valence-electron chi connectivity index (χ4n) is 3.90. The molecule has 0 radical (unpaired) electrons. The molecule has 1 aliphatic rings. The van der Waals surface area contributed by atoms with Crippen LogP contribution < -0.4 is 0 Å². The van der Waals surface area contributed by atoms with Crippen molar-refractivity contribution in [2.24, 2.45) is 5.92 Å². The van der Waals surface area contributed by atoms with Crippen LogP contribution in [0, 0.1) is 5.92 Å². The molecule has 138 valence electrons. The van der Waals surface area contributed by atoms with Gasteiger partial charge in [-0.1, -0.05) is 30.3 Å². The predicted octanol–water partition coefficient (Wildman–Crippen LogP) is 4.45. The smallest absolute Gasteiger partial charge is 0.168 e. The summed E-state index contributed by atoms with van der Waals surface area (Å²) in [6.45, 7) is 2.63. The van der Waals surface area contributed by atoms with E-state index in [1.165, 1.54) is 5.56 Å². The largest absolute Gasteiger partial charge is 0.298 e. The zero-order valence-corrected chi connectivity index (χ0v) is 16.3. The molecule has 2 heterocycles. The van der Waals surface area contributed by atoms with Crippen LogP contribution in [0.15, 0.2) is 59.8 Å². The van der Waals surface area contributed by atoms with Gasteiger partial charge in [-0.3, -0.25) is 19.7 Å². The predicted molar refractivity (Wildman–Crippen MR) is 110 cm³/mol. The monoisotopic (exact) mass is 377 g/mol. The molecule has 0 N–H and O–H groups in total. The van der Waals surface area contributed by atoms with Gasteiger partial charge in [-0.05, 0) is 43.3 Å². The molecule has 5 heteroatoms. The van der Waals surface area contributed by atoms with Crippen molar-refractivity contribution in [1.29, 1.82) is 0 Å². The van der Waals surface area contributed by atoms with Gasteiger partial charge < -0.3 is 0 Å². The van der Waals surface area contributed by atoms with Gasteiger partial charge in [0.05, 0.1) is 11.0 Å². The van der Waals surface area contributed by atoms with Crippen LogP contribution in [-0.4, -0.2) is 40.0 Å². The lowest BCUT2D eigenvalue weighted by Gasteiger charge is -2.32. The van der Waals surface area contributed by atoms with Crippen molar-refractivity contribution in [2.45, 2.75) is 24.3 Å². The summed E-state index contributed by atoms with van der Waals surface area (Å²) in [6, 6.07) is 14.1. The summed E-state index contributed by atoms with van der Waals surface area (Å²) in [7, 11) is 0. The number of ketones is 1. The highest BCUT2D eigenvalue weighted by molar-refractivity contribution is 7.98. The first-order valence-electron chi connectivity index (χ1n) is 9.34. The van der Waals surface area contributed by atoms with Gasteiger partial charge in [0.25, 0.3) is 0 Å². The molecule has 1 atom stereocenters. The minimum absolute atomic E-state index is 0.0631. The van der Waals surface area contributed by atoms with Gasteiger partial charge in [-0.2, -0.15) is 0 Å². The molecule has 2 aromatic carbocycles. The Balaban J connectivity index is 1.52. The van der Waals surface area contributed by atoms with E-state index in [2.05, 4.69) is 20.9 Å². The van der Waals surface area contributed by atoms with Crippen LogP contribution in [0.25, 0.3) is 11.0 Å². The lowest BCUT2D eigenvalue weighted by molar-refractivity contribution is 0.0809. The first kappa shape index (κ1) is 18.1. The van der Waals surface area contributed by atoms with E-state index in [0.29, 0.717) is 0 Å².